The van der Waals surface area contributed by atoms with Crippen LogP contribution in [0.5, 0.6) is 5.75 Å². The number of carboxylic acid groups (broad SMARTS) is 1. The second-order valence-corrected chi connectivity index (χ2v) is 16.5. The fourth-order valence-electron chi connectivity index (χ4n) is 10.5. The van der Waals surface area contributed by atoms with Gasteiger partial charge in [-0.1, -0.05) is 57.0 Å². The van der Waals surface area contributed by atoms with Crippen molar-refractivity contribution in [3.63, 3.8) is 0 Å². The van der Waals surface area contributed by atoms with E-state index in [4.69, 9.17) is 14.2 Å². The molecule has 5 aliphatic rings. The summed E-state index contributed by atoms with van der Waals surface area (Å²) >= 11 is 0. The standard InChI is InChI=1S/C42H48N2O10/c1-6-9-35-53-34-20-29-26-14-12-23-18-25(45)16-17-40(23,4)36(26)32(47)21-41(29,5)42(34,54-35)33(48)22-52-38(51)39(2,3)28-10-7-8-11-30(28)44-43-24-13-15-31(46)27(19-24)37(49)50/h7-8,10-11,13,15-19,26,29,32,34-36,46-47H,6,9,12,14,20-22H2,1-5H3,(H,49,50)/t26-,29-,32-,34?,35?,36+,40-,41-,42+/m0/s1. The summed E-state index contributed by atoms with van der Waals surface area (Å²) in [6.45, 7) is 8.92. The van der Waals surface area contributed by atoms with Gasteiger partial charge in [-0.15, -0.1) is 0 Å². The SMILES string of the molecule is CCCC1OC2C[C@H]3[C@@H]4CCC5=CC(=O)C=C[C@]5(C)[C@H]4[C@@H](O)C[C@]3(C)[C@]2(C(=O)COC(=O)C(C)(C)c2ccccc2N=Nc2ccc(O)c(C(=O)O)c2)O1. The van der Waals surface area contributed by atoms with Gasteiger partial charge in [0.1, 0.15) is 11.3 Å². The summed E-state index contributed by atoms with van der Waals surface area (Å²) in [6.07, 6.45) is 7.05. The zero-order valence-electron chi connectivity index (χ0n) is 31.3. The number of carbonyl (C=O) groups excluding carboxylic acids is 3. The molecule has 2 unspecified atom stereocenters. The van der Waals surface area contributed by atoms with Crippen molar-refractivity contribution in [3.05, 3.63) is 77.4 Å². The minimum atomic E-state index is -1.44. The first-order chi connectivity index (χ1) is 25.6. The quantitative estimate of drug-likeness (QED) is 0.168. The molecule has 9 atom stereocenters. The lowest BCUT2D eigenvalue weighted by Crippen LogP contribution is -2.63. The number of carbonyl (C=O) groups is 4. The number of hydrogen-bond acceptors (Lipinski definition) is 11. The fourth-order valence-corrected chi connectivity index (χ4v) is 10.5. The summed E-state index contributed by atoms with van der Waals surface area (Å²) in [5.74, 6) is -2.92. The maximum Gasteiger partial charge on any atom is 0.339 e. The maximum absolute atomic E-state index is 14.7. The molecule has 0 radical (unpaired) electrons. The first-order valence-electron chi connectivity index (χ1n) is 18.8. The average Bonchev–Trinajstić information content (AvgIpc) is 3.61. The lowest BCUT2D eigenvalue weighted by Gasteiger charge is -2.59. The Hall–Kier alpha value is -4.52. The Morgan fingerprint density at radius 3 is 2.59 bits per heavy atom. The number of Topliss-reactive ketones (excluding diaryl/α,β-unsaturated/α-hetero) is 1. The number of carboxylic acids is 1. The molecule has 1 heterocycles. The van der Waals surface area contributed by atoms with Gasteiger partial charge in [0.15, 0.2) is 24.3 Å². The molecule has 0 spiro atoms. The number of fused-ring (bicyclic) bond motifs is 7. The van der Waals surface area contributed by atoms with Crippen molar-refractivity contribution in [3.8, 4) is 5.75 Å². The average molecular weight is 741 g/mol. The van der Waals surface area contributed by atoms with Gasteiger partial charge in [0.05, 0.1) is 29.0 Å². The van der Waals surface area contributed by atoms with E-state index >= 15 is 0 Å². The van der Waals surface area contributed by atoms with Crippen molar-refractivity contribution in [1.29, 1.82) is 0 Å². The van der Waals surface area contributed by atoms with Crippen molar-refractivity contribution in [2.75, 3.05) is 6.61 Å². The Bertz CT molecular complexity index is 1990. The minimum Gasteiger partial charge on any atom is -0.507 e. The van der Waals surface area contributed by atoms with Crippen molar-refractivity contribution >= 4 is 34.9 Å². The summed E-state index contributed by atoms with van der Waals surface area (Å²) in [6, 6.07) is 10.7. The normalized spacial score (nSPS) is 34.1. The zero-order chi connectivity index (χ0) is 38.8. The van der Waals surface area contributed by atoms with E-state index in [9.17, 15) is 34.5 Å². The highest BCUT2D eigenvalue weighted by molar-refractivity contribution is 6.01. The van der Waals surface area contributed by atoms with Gasteiger partial charge < -0.3 is 29.5 Å². The van der Waals surface area contributed by atoms with Crippen LogP contribution < -0.4 is 0 Å². The molecule has 286 valence electrons. The van der Waals surface area contributed by atoms with E-state index in [1.807, 2.05) is 19.9 Å². The topological polar surface area (TPSA) is 181 Å². The molecule has 3 N–H and O–H groups in total. The van der Waals surface area contributed by atoms with Gasteiger partial charge in [0.25, 0.3) is 0 Å². The third-order valence-corrected chi connectivity index (χ3v) is 13.1. The van der Waals surface area contributed by atoms with E-state index in [2.05, 4.69) is 17.2 Å². The molecule has 0 aromatic heterocycles. The van der Waals surface area contributed by atoms with Gasteiger partial charge >= 0.3 is 11.9 Å². The molecule has 0 bridgehead atoms. The first kappa shape index (κ1) is 37.8. The summed E-state index contributed by atoms with van der Waals surface area (Å²) in [5.41, 5.74) is -2.30. The molecule has 0 amide bonds. The smallest absolute Gasteiger partial charge is 0.339 e. The highest BCUT2D eigenvalue weighted by Gasteiger charge is 2.76. The van der Waals surface area contributed by atoms with Gasteiger partial charge in [0.2, 0.25) is 5.78 Å². The maximum atomic E-state index is 14.7. The Morgan fingerprint density at radius 2 is 1.85 bits per heavy atom. The minimum absolute atomic E-state index is 0.0173. The molecular weight excluding hydrogens is 692 g/mol. The summed E-state index contributed by atoms with van der Waals surface area (Å²) < 4.78 is 19.1. The van der Waals surface area contributed by atoms with E-state index in [1.54, 1.807) is 50.3 Å². The van der Waals surface area contributed by atoms with Crippen molar-refractivity contribution in [2.24, 2.45) is 38.8 Å². The van der Waals surface area contributed by atoms with Gasteiger partial charge in [0, 0.05) is 16.7 Å². The van der Waals surface area contributed by atoms with Crippen molar-refractivity contribution in [1.82, 2.24) is 0 Å². The predicted octanol–water partition coefficient (Wildman–Crippen LogP) is 7.06. The Morgan fingerprint density at radius 1 is 1.09 bits per heavy atom. The molecule has 2 aromatic rings. The van der Waals surface area contributed by atoms with Crippen molar-refractivity contribution in [2.45, 2.75) is 103 Å². The van der Waals surface area contributed by atoms with Crippen molar-refractivity contribution < 1.29 is 48.7 Å². The third kappa shape index (κ3) is 5.84. The number of azo groups is 1. The van der Waals surface area contributed by atoms with Gasteiger partial charge in [-0.3, -0.25) is 14.4 Å². The van der Waals surface area contributed by atoms with Crippen LogP contribution in [0.25, 0.3) is 0 Å². The van der Waals surface area contributed by atoms with Crippen LogP contribution in [0.1, 0.15) is 89.1 Å². The number of ketones is 2. The number of aliphatic hydroxyl groups excluding tert-OH is 1. The van der Waals surface area contributed by atoms with E-state index in [-0.39, 0.29) is 34.8 Å². The number of hydrogen-bond donors (Lipinski definition) is 3. The molecule has 12 heteroatoms. The Balaban J connectivity index is 1.14. The van der Waals surface area contributed by atoms with Crippen LogP contribution in [0.4, 0.5) is 11.4 Å². The van der Waals surface area contributed by atoms with Crippen LogP contribution >= 0.6 is 0 Å². The van der Waals surface area contributed by atoms with E-state index in [0.29, 0.717) is 30.5 Å². The van der Waals surface area contributed by atoms with Gasteiger partial charge in [-0.25, -0.2) is 4.79 Å². The van der Waals surface area contributed by atoms with E-state index in [0.717, 1.165) is 24.8 Å². The van der Waals surface area contributed by atoms with Gasteiger partial charge in [-0.2, -0.15) is 10.2 Å². The number of allylic oxidation sites excluding steroid dienone is 4. The number of nitrogens with zero attached hydrogens (tertiary/aromatic N) is 2. The monoisotopic (exact) mass is 740 g/mol. The van der Waals surface area contributed by atoms with E-state index < -0.39 is 70.4 Å². The van der Waals surface area contributed by atoms with E-state index in [1.165, 1.54) is 18.2 Å². The Kier molecular flexibility index (Phi) is 9.55. The number of rotatable bonds is 10. The van der Waals surface area contributed by atoms with Crippen LogP contribution in [0.3, 0.4) is 0 Å². The number of esters is 1. The zero-order valence-corrected chi connectivity index (χ0v) is 31.3. The molecule has 4 fully saturated rings. The second-order valence-electron chi connectivity index (χ2n) is 16.5. The number of ether oxygens (including phenoxy) is 3. The number of aromatic carboxylic acids is 1. The third-order valence-electron chi connectivity index (χ3n) is 13.1. The molecular formula is C42H48N2O10. The number of phenols is 1. The molecule has 1 aliphatic heterocycles. The fraction of sp³-hybridized carbons (Fsp3) is 0.524. The van der Waals surface area contributed by atoms with Crippen LogP contribution in [0.15, 0.2) is 76.5 Å². The molecule has 2 aromatic carbocycles. The number of aliphatic hydroxyl groups is 1. The molecule has 7 rings (SSSR count). The number of aromatic hydroxyl groups is 1. The summed E-state index contributed by atoms with van der Waals surface area (Å²) in [5, 5.41) is 39.7. The second kappa shape index (κ2) is 13.6. The lowest BCUT2D eigenvalue weighted by molar-refractivity contribution is -0.201. The van der Waals surface area contributed by atoms with Crippen LogP contribution in [0, 0.1) is 28.6 Å². The summed E-state index contributed by atoms with van der Waals surface area (Å²) in [4.78, 5) is 52.4. The van der Waals surface area contributed by atoms with Crippen LogP contribution in [0.2, 0.25) is 0 Å². The number of benzene rings is 2. The lowest BCUT2D eigenvalue weighted by atomic mass is 9.46. The highest BCUT2D eigenvalue weighted by Crippen LogP contribution is 2.69. The van der Waals surface area contributed by atoms with Crippen LogP contribution in [-0.4, -0.2) is 69.5 Å². The first-order valence-corrected chi connectivity index (χ1v) is 18.8. The molecule has 54 heavy (non-hydrogen) atoms. The summed E-state index contributed by atoms with van der Waals surface area (Å²) in [7, 11) is 0. The largest absolute Gasteiger partial charge is 0.507 e. The molecule has 3 saturated carbocycles. The Labute approximate surface area is 314 Å². The van der Waals surface area contributed by atoms with Gasteiger partial charge in [-0.05, 0) is 99.8 Å². The predicted molar refractivity (Wildman–Crippen MR) is 195 cm³/mol. The highest BCUT2D eigenvalue weighted by atomic mass is 16.7. The molecule has 1 saturated heterocycles. The van der Waals surface area contributed by atoms with Crippen LogP contribution in [-0.2, 0) is 34.0 Å². The molecule has 4 aliphatic carbocycles. The molecule has 12 nitrogen and oxygen atoms in total.